The van der Waals surface area contributed by atoms with Crippen LogP contribution in [0.1, 0.15) is 36.0 Å². The Kier molecular flexibility index (Phi) is 5.85. The molecule has 19 heavy (non-hydrogen) atoms. The molecule has 102 valence electrons. The van der Waals surface area contributed by atoms with Gasteiger partial charge in [-0.3, -0.25) is 14.4 Å². The van der Waals surface area contributed by atoms with Crippen LogP contribution in [0.15, 0.2) is 24.3 Å². The zero-order chi connectivity index (χ0) is 14.3. The molecule has 0 saturated heterocycles. The van der Waals surface area contributed by atoms with Gasteiger partial charge in [0.1, 0.15) is 11.6 Å². The molecule has 5 heteroatoms. The molecule has 0 heterocycles. The molecule has 0 radical (unpaired) electrons. The van der Waals surface area contributed by atoms with Crippen molar-refractivity contribution in [2.24, 2.45) is 0 Å². The highest BCUT2D eigenvalue weighted by Crippen LogP contribution is 2.09. The molecule has 0 aliphatic rings. The molecule has 1 aromatic rings. The number of carbonyl (C=O) groups excluding carboxylic acids is 3. The number of Topliss-reactive ketones (excluding diaryl/α,β-unsaturated/α-hetero) is 2. The quantitative estimate of drug-likeness (QED) is 0.561. The number of halogens is 1. The molecular formula is C14H15FO4. The minimum Gasteiger partial charge on any atom is -0.469 e. The Hall–Kier alpha value is -2.04. The largest absolute Gasteiger partial charge is 0.469 e. The van der Waals surface area contributed by atoms with Gasteiger partial charge in [0.2, 0.25) is 0 Å². The lowest BCUT2D eigenvalue weighted by molar-refractivity contribution is -0.141. The van der Waals surface area contributed by atoms with Gasteiger partial charge in [-0.15, -0.1) is 0 Å². The standard InChI is InChI=1S/C14H15FO4/c1-19-14(18)9-7-12(16)6-8-13(17)10-2-4-11(15)5-3-10/h2-5H,6-9H2,1H3. The average Bonchev–Trinajstić information content (AvgIpc) is 2.42. The van der Waals surface area contributed by atoms with Crippen molar-refractivity contribution in [3.63, 3.8) is 0 Å². The van der Waals surface area contributed by atoms with Gasteiger partial charge >= 0.3 is 5.97 Å². The number of benzene rings is 1. The Morgan fingerprint density at radius 3 is 2.16 bits per heavy atom. The number of rotatable bonds is 7. The molecule has 4 nitrogen and oxygen atoms in total. The van der Waals surface area contributed by atoms with Crippen LogP contribution in [-0.2, 0) is 14.3 Å². The molecule has 0 N–H and O–H groups in total. The molecule has 1 aromatic carbocycles. The van der Waals surface area contributed by atoms with Crippen molar-refractivity contribution in [3.05, 3.63) is 35.6 Å². The van der Waals surface area contributed by atoms with Crippen LogP contribution in [-0.4, -0.2) is 24.6 Å². The van der Waals surface area contributed by atoms with Gasteiger partial charge in [-0.1, -0.05) is 0 Å². The number of hydrogen-bond donors (Lipinski definition) is 0. The van der Waals surface area contributed by atoms with Crippen molar-refractivity contribution in [3.8, 4) is 0 Å². The minimum atomic E-state index is -0.446. The molecule has 0 fully saturated rings. The van der Waals surface area contributed by atoms with Gasteiger partial charge in [0.15, 0.2) is 5.78 Å². The number of esters is 1. The zero-order valence-electron chi connectivity index (χ0n) is 10.6. The smallest absolute Gasteiger partial charge is 0.305 e. The lowest BCUT2D eigenvalue weighted by Gasteiger charge is -2.01. The van der Waals surface area contributed by atoms with E-state index in [9.17, 15) is 18.8 Å². The molecule has 0 atom stereocenters. The Morgan fingerprint density at radius 1 is 1.00 bits per heavy atom. The van der Waals surface area contributed by atoms with Crippen LogP contribution in [0.4, 0.5) is 4.39 Å². The Bertz CT molecular complexity index is 465. The summed E-state index contributed by atoms with van der Waals surface area (Å²) >= 11 is 0. The van der Waals surface area contributed by atoms with Crippen molar-refractivity contribution in [1.29, 1.82) is 0 Å². The maximum atomic E-state index is 12.7. The van der Waals surface area contributed by atoms with Crippen molar-refractivity contribution < 1.29 is 23.5 Å². The molecule has 0 aliphatic carbocycles. The lowest BCUT2D eigenvalue weighted by Crippen LogP contribution is -2.08. The molecule has 1 rings (SSSR count). The summed E-state index contributed by atoms with van der Waals surface area (Å²) in [6.45, 7) is 0. The molecule has 0 bridgehead atoms. The molecular weight excluding hydrogens is 251 g/mol. The topological polar surface area (TPSA) is 60.4 Å². The molecule has 0 unspecified atom stereocenters. The Labute approximate surface area is 110 Å². The highest BCUT2D eigenvalue weighted by molar-refractivity contribution is 5.98. The maximum Gasteiger partial charge on any atom is 0.305 e. The van der Waals surface area contributed by atoms with Crippen molar-refractivity contribution >= 4 is 17.5 Å². The average molecular weight is 266 g/mol. The van der Waals surface area contributed by atoms with Crippen LogP contribution in [0.5, 0.6) is 0 Å². The van der Waals surface area contributed by atoms with Gasteiger partial charge < -0.3 is 4.74 Å². The second kappa shape index (κ2) is 7.41. The summed E-state index contributed by atoms with van der Waals surface area (Å²) in [6.07, 6.45) is 0.238. The van der Waals surface area contributed by atoms with E-state index in [-0.39, 0.29) is 37.2 Å². The Morgan fingerprint density at radius 2 is 1.58 bits per heavy atom. The SMILES string of the molecule is COC(=O)CCC(=O)CCC(=O)c1ccc(F)cc1. The van der Waals surface area contributed by atoms with Gasteiger partial charge in [0.05, 0.1) is 13.5 Å². The van der Waals surface area contributed by atoms with Gasteiger partial charge in [-0.2, -0.15) is 0 Å². The second-order valence-electron chi connectivity index (χ2n) is 4.04. The molecule has 0 amide bonds. The highest BCUT2D eigenvalue weighted by Gasteiger charge is 2.11. The van der Waals surface area contributed by atoms with Crippen LogP contribution >= 0.6 is 0 Å². The van der Waals surface area contributed by atoms with E-state index in [1.807, 2.05) is 0 Å². The summed E-state index contributed by atoms with van der Waals surface area (Å²) in [5, 5.41) is 0. The van der Waals surface area contributed by atoms with Crippen LogP contribution in [0, 0.1) is 5.82 Å². The summed E-state index contributed by atoms with van der Waals surface area (Å²) in [4.78, 5) is 34.0. The van der Waals surface area contributed by atoms with E-state index in [2.05, 4.69) is 4.74 Å². The van der Waals surface area contributed by atoms with Crippen LogP contribution in [0.2, 0.25) is 0 Å². The van der Waals surface area contributed by atoms with Crippen molar-refractivity contribution in [1.82, 2.24) is 0 Å². The first-order valence-electron chi connectivity index (χ1n) is 5.90. The van der Waals surface area contributed by atoms with Crippen molar-refractivity contribution in [2.75, 3.05) is 7.11 Å². The zero-order valence-corrected chi connectivity index (χ0v) is 10.6. The molecule has 0 spiro atoms. The van der Waals surface area contributed by atoms with E-state index in [0.717, 1.165) is 0 Å². The van der Waals surface area contributed by atoms with Crippen LogP contribution < -0.4 is 0 Å². The first kappa shape index (κ1) is 15.0. The summed E-state index contributed by atoms with van der Waals surface area (Å²) in [5.74, 6) is -1.24. The van der Waals surface area contributed by atoms with E-state index >= 15 is 0 Å². The third-order valence-corrected chi connectivity index (χ3v) is 2.63. The van der Waals surface area contributed by atoms with Crippen LogP contribution in [0.3, 0.4) is 0 Å². The third kappa shape index (κ3) is 5.42. The lowest BCUT2D eigenvalue weighted by atomic mass is 10.0. The summed E-state index contributed by atoms with van der Waals surface area (Å²) in [7, 11) is 1.25. The number of ether oxygens (including phenoxy) is 1. The first-order chi connectivity index (χ1) is 9.02. The van der Waals surface area contributed by atoms with E-state index < -0.39 is 11.8 Å². The monoisotopic (exact) mass is 266 g/mol. The molecule has 0 aromatic heterocycles. The fraction of sp³-hybridized carbons (Fsp3) is 0.357. The summed E-state index contributed by atoms with van der Waals surface area (Å²) in [6, 6.07) is 5.17. The Balaban J connectivity index is 2.36. The van der Waals surface area contributed by atoms with Gasteiger partial charge in [0, 0.05) is 24.8 Å². The van der Waals surface area contributed by atoms with Gasteiger partial charge in [-0.05, 0) is 24.3 Å². The maximum absolute atomic E-state index is 12.7. The van der Waals surface area contributed by atoms with E-state index in [1.54, 1.807) is 0 Å². The van der Waals surface area contributed by atoms with Gasteiger partial charge in [-0.25, -0.2) is 4.39 Å². The predicted octanol–water partition coefficient (Wildman–Crippen LogP) is 2.31. The van der Waals surface area contributed by atoms with Gasteiger partial charge in [0.25, 0.3) is 0 Å². The van der Waals surface area contributed by atoms with Crippen molar-refractivity contribution in [2.45, 2.75) is 25.7 Å². The number of methoxy groups -OCH3 is 1. The normalized spacial score (nSPS) is 10.0. The minimum absolute atomic E-state index is 0.0278. The van der Waals surface area contributed by atoms with Crippen LogP contribution in [0.25, 0.3) is 0 Å². The number of hydrogen-bond acceptors (Lipinski definition) is 4. The second-order valence-corrected chi connectivity index (χ2v) is 4.04. The van der Waals surface area contributed by atoms with E-state index in [0.29, 0.717) is 5.56 Å². The van der Waals surface area contributed by atoms with E-state index in [1.165, 1.54) is 31.4 Å². The fourth-order valence-electron chi connectivity index (χ4n) is 1.50. The number of ketones is 2. The summed E-state index contributed by atoms with van der Waals surface area (Å²) in [5.41, 5.74) is 0.377. The third-order valence-electron chi connectivity index (χ3n) is 2.63. The number of carbonyl (C=O) groups is 3. The molecule has 0 saturated carbocycles. The predicted molar refractivity (Wildman–Crippen MR) is 66.2 cm³/mol. The molecule has 0 aliphatic heterocycles. The van der Waals surface area contributed by atoms with E-state index in [4.69, 9.17) is 0 Å². The summed E-state index contributed by atoms with van der Waals surface area (Å²) < 4.78 is 17.1. The first-order valence-corrected chi connectivity index (χ1v) is 5.90. The fourth-order valence-corrected chi connectivity index (χ4v) is 1.50. The highest BCUT2D eigenvalue weighted by atomic mass is 19.1.